The number of hydrogen-bond acceptors (Lipinski definition) is 1. The van der Waals surface area contributed by atoms with E-state index in [0.717, 1.165) is 13.2 Å². The van der Waals surface area contributed by atoms with Crippen LogP contribution in [0.4, 0.5) is 0 Å². The van der Waals surface area contributed by atoms with Gasteiger partial charge in [-0.15, -0.1) is 0 Å². The molecule has 0 spiro atoms. The average molecular weight is 140 g/mol. The third kappa shape index (κ3) is 17.9. The van der Waals surface area contributed by atoms with Crippen molar-refractivity contribution in [2.75, 3.05) is 13.2 Å². The molecule has 0 radical (unpaired) electrons. The van der Waals surface area contributed by atoms with Crippen LogP contribution in [0.25, 0.3) is 0 Å². The number of hydrogen-bond donors (Lipinski definition) is 0. The summed E-state index contributed by atoms with van der Waals surface area (Å²) < 4.78 is 4.83. The van der Waals surface area contributed by atoms with E-state index in [1.54, 1.807) is 0 Å². The third-order valence-corrected chi connectivity index (χ3v) is 0.408. The molecule has 0 atom stereocenters. The summed E-state index contributed by atoms with van der Waals surface area (Å²) in [6.07, 6.45) is 0. The Balaban J connectivity index is -0.00000000800. The maximum absolute atomic E-state index is 4.83. The van der Waals surface area contributed by atoms with Gasteiger partial charge in [0.15, 0.2) is 0 Å². The summed E-state index contributed by atoms with van der Waals surface area (Å²) in [5.41, 5.74) is 0. The Labute approximate surface area is 102 Å². The molecular formula is C4H13CaNaO. The number of rotatable bonds is 2. The maximum Gasteiger partial charge on any atom is 2.00 e. The van der Waals surface area contributed by atoms with Gasteiger partial charge in [0.1, 0.15) is 0 Å². The molecule has 38 valence electrons. The molecule has 0 amide bonds. The van der Waals surface area contributed by atoms with Crippen LogP contribution in [0.5, 0.6) is 0 Å². The molecule has 0 aliphatic heterocycles. The SMILES string of the molecule is CCOCC.[Ca+2].[H-].[H-].[H-].[Na+]. The van der Waals surface area contributed by atoms with Crippen molar-refractivity contribution in [3.05, 3.63) is 0 Å². The van der Waals surface area contributed by atoms with Crippen LogP contribution in [0.2, 0.25) is 0 Å². The fourth-order valence-electron chi connectivity index (χ4n) is 0.204. The average Bonchev–Trinajstić information content (AvgIpc) is 1.41. The molecule has 0 aromatic rings. The van der Waals surface area contributed by atoms with Gasteiger partial charge in [0.2, 0.25) is 0 Å². The van der Waals surface area contributed by atoms with Crippen LogP contribution in [0.15, 0.2) is 0 Å². The summed E-state index contributed by atoms with van der Waals surface area (Å²) in [7, 11) is 0. The molecule has 0 aliphatic carbocycles. The summed E-state index contributed by atoms with van der Waals surface area (Å²) >= 11 is 0. The van der Waals surface area contributed by atoms with Crippen LogP contribution in [-0.4, -0.2) is 51.0 Å². The zero-order valence-electron chi connectivity index (χ0n) is 8.53. The van der Waals surface area contributed by atoms with Crippen LogP contribution in [0.3, 0.4) is 0 Å². The molecule has 0 N–H and O–H groups in total. The minimum absolute atomic E-state index is 0. The topological polar surface area (TPSA) is 9.23 Å². The minimum Gasteiger partial charge on any atom is -1.00 e. The monoisotopic (exact) mass is 140 g/mol. The van der Waals surface area contributed by atoms with E-state index in [0.29, 0.717) is 0 Å². The Morgan fingerprint density at radius 2 is 1.57 bits per heavy atom. The predicted octanol–water partition coefficient (Wildman–Crippen LogP) is -2.00. The molecule has 7 heavy (non-hydrogen) atoms. The fraction of sp³-hybridized carbons (Fsp3) is 1.00. The van der Waals surface area contributed by atoms with E-state index in [4.69, 9.17) is 4.74 Å². The maximum atomic E-state index is 4.83. The van der Waals surface area contributed by atoms with Crippen molar-refractivity contribution in [1.29, 1.82) is 0 Å². The van der Waals surface area contributed by atoms with Gasteiger partial charge in [-0.05, 0) is 13.8 Å². The first-order chi connectivity index (χ1) is 2.41. The summed E-state index contributed by atoms with van der Waals surface area (Å²) in [6.45, 7) is 5.67. The molecule has 0 aliphatic rings. The fourth-order valence-corrected chi connectivity index (χ4v) is 0.204. The normalized spacial score (nSPS) is 6.00. The van der Waals surface area contributed by atoms with Crippen LogP contribution >= 0.6 is 0 Å². The molecule has 0 fully saturated rings. The van der Waals surface area contributed by atoms with Crippen molar-refractivity contribution < 1.29 is 38.6 Å². The van der Waals surface area contributed by atoms with Gasteiger partial charge in [0, 0.05) is 13.2 Å². The molecule has 1 nitrogen and oxygen atoms in total. The van der Waals surface area contributed by atoms with Crippen molar-refractivity contribution in [2.45, 2.75) is 13.8 Å². The van der Waals surface area contributed by atoms with Crippen LogP contribution in [0, 0.1) is 0 Å². The Morgan fingerprint density at radius 3 is 1.57 bits per heavy atom. The van der Waals surface area contributed by atoms with Gasteiger partial charge in [-0.2, -0.15) is 0 Å². The van der Waals surface area contributed by atoms with Crippen molar-refractivity contribution in [3.8, 4) is 0 Å². The second-order valence-electron chi connectivity index (χ2n) is 0.781. The molecular weight excluding hydrogens is 127 g/mol. The van der Waals surface area contributed by atoms with E-state index < -0.39 is 0 Å². The van der Waals surface area contributed by atoms with Crippen LogP contribution in [0.1, 0.15) is 18.1 Å². The van der Waals surface area contributed by atoms with Gasteiger partial charge in [-0.1, -0.05) is 0 Å². The molecule has 0 saturated heterocycles. The van der Waals surface area contributed by atoms with Gasteiger partial charge in [-0.25, -0.2) is 0 Å². The molecule has 0 aromatic carbocycles. The summed E-state index contributed by atoms with van der Waals surface area (Å²) in [4.78, 5) is 0. The Morgan fingerprint density at radius 1 is 1.29 bits per heavy atom. The summed E-state index contributed by atoms with van der Waals surface area (Å²) in [6, 6.07) is 0. The first-order valence-electron chi connectivity index (χ1n) is 1.99. The molecule has 3 heteroatoms. The first kappa shape index (κ1) is 16.1. The summed E-state index contributed by atoms with van der Waals surface area (Å²) in [5, 5.41) is 0. The molecule has 0 aromatic heterocycles. The summed E-state index contributed by atoms with van der Waals surface area (Å²) in [5.74, 6) is 0. The molecule has 0 rings (SSSR count). The molecule has 0 bridgehead atoms. The zero-order valence-corrected chi connectivity index (χ0v) is 9.74. The first-order valence-corrected chi connectivity index (χ1v) is 1.99. The molecule has 0 saturated carbocycles. The second-order valence-corrected chi connectivity index (χ2v) is 0.781. The number of ether oxygens (including phenoxy) is 1. The van der Waals surface area contributed by atoms with E-state index in [9.17, 15) is 0 Å². The predicted molar refractivity (Wildman–Crippen MR) is 31.3 cm³/mol. The van der Waals surface area contributed by atoms with Crippen molar-refractivity contribution >= 4 is 37.7 Å². The van der Waals surface area contributed by atoms with E-state index in [-0.39, 0.29) is 71.6 Å². The van der Waals surface area contributed by atoms with E-state index in [1.165, 1.54) is 0 Å². The third-order valence-electron chi connectivity index (χ3n) is 0.408. The Bertz CT molecular complexity index is 28.0. The molecule has 0 unspecified atom stereocenters. The van der Waals surface area contributed by atoms with Crippen molar-refractivity contribution in [1.82, 2.24) is 0 Å². The molecule has 0 heterocycles. The standard InChI is InChI=1S/C4H10O.Ca.Na.3H/c1-3-5-4-2;;;;;/h3-4H2,1-2H3;;;;;/q;+2;+1;3*-1. The Kier molecular flexibility index (Phi) is 36.2. The van der Waals surface area contributed by atoms with Crippen LogP contribution < -0.4 is 29.6 Å². The Hall–Kier alpha value is 2.22. The van der Waals surface area contributed by atoms with Crippen molar-refractivity contribution in [2.24, 2.45) is 0 Å². The van der Waals surface area contributed by atoms with E-state index >= 15 is 0 Å². The van der Waals surface area contributed by atoms with E-state index in [1.807, 2.05) is 13.8 Å². The largest absolute Gasteiger partial charge is 2.00 e. The smallest absolute Gasteiger partial charge is 1.00 e. The van der Waals surface area contributed by atoms with Gasteiger partial charge in [0.25, 0.3) is 0 Å². The van der Waals surface area contributed by atoms with Crippen molar-refractivity contribution in [3.63, 3.8) is 0 Å². The van der Waals surface area contributed by atoms with Gasteiger partial charge in [0.05, 0.1) is 0 Å². The second kappa shape index (κ2) is 15.7. The minimum atomic E-state index is 0. The zero-order chi connectivity index (χ0) is 4.12. The van der Waals surface area contributed by atoms with Gasteiger partial charge >= 0.3 is 67.3 Å². The quantitative estimate of drug-likeness (QED) is 0.403. The van der Waals surface area contributed by atoms with Crippen LogP contribution in [-0.2, 0) is 4.74 Å². The van der Waals surface area contributed by atoms with E-state index in [2.05, 4.69) is 0 Å². The van der Waals surface area contributed by atoms with Gasteiger partial charge in [-0.3, -0.25) is 0 Å². The van der Waals surface area contributed by atoms with Gasteiger partial charge < -0.3 is 9.02 Å².